The van der Waals surface area contributed by atoms with Crippen molar-refractivity contribution in [3.63, 3.8) is 0 Å². The van der Waals surface area contributed by atoms with Gasteiger partial charge in [0, 0.05) is 5.69 Å². The molecule has 5 aromatic carbocycles. The van der Waals surface area contributed by atoms with Crippen LogP contribution in [0.25, 0.3) is 32.3 Å². The minimum Gasteiger partial charge on any atom is -0.497 e. The summed E-state index contributed by atoms with van der Waals surface area (Å²) in [6.07, 6.45) is 0. The molecule has 0 spiro atoms. The minimum absolute atomic E-state index is 0.574. The molecule has 1 unspecified atom stereocenters. The molecule has 1 atom stereocenters. The smallest absolute Gasteiger partial charge is 0.352 e. The molecule has 30 heavy (non-hydrogen) atoms. The third-order valence-corrected chi connectivity index (χ3v) is 6.67. The van der Waals surface area contributed by atoms with Crippen LogP contribution in [-0.2, 0) is 4.57 Å². The van der Waals surface area contributed by atoms with Gasteiger partial charge in [0.25, 0.3) is 0 Å². The van der Waals surface area contributed by atoms with Crippen molar-refractivity contribution >= 4 is 45.6 Å². The normalized spacial score (nSPS) is 13.2. The molecule has 5 nitrogen and oxygen atoms in total. The summed E-state index contributed by atoms with van der Waals surface area (Å²) in [6.45, 7) is 0. The van der Waals surface area contributed by atoms with Crippen molar-refractivity contribution in [2.45, 2.75) is 5.78 Å². The number of rotatable bonds is 5. The average molecular weight is 417 g/mol. The second-order valence-electron chi connectivity index (χ2n) is 7.38. The number of hydrogen-bond acceptors (Lipinski definition) is 3. The molecule has 0 saturated heterocycles. The van der Waals surface area contributed by atoms with E-state index in [-0.39, 0.29) is 0 Å². The molecular formula is C24H20NO4P. The Morgan fingerprint density at radius 2 is 1.40 bits per heavy atom. The topological polar surface area (TPSA) is 78.8 Å². The lowest BCUT2D eigenvalue weighted by Crippen LogP contribution is -2.12. The van der Waals surface area contributed by atoms with Gasteiger partial charge in [-0.2, -0.15) is 0 Å². The molecule has 0 saturated carbocycles. The van der Waals surface area contributed by atoms with Crippen LogP contribution in [0.4, 0.5) is 5.69 Å². The van der Waals surface area contributed by atoms with Gasteiger partial charge >= 0.3 is 7.60 Å². The molecule has 0 aliphatic carbocycles. The van der Waals surface area contributed by atoms with Crippen molar-refractivity contribution in [1.82, 2.24) is 0 Å². The number of nitrogens with one attached hydrogen (secondary N) is 1. The van der Waals surface area contributed by atoms with E-state index in [0.29, 0.717) is 17.0 Å². The summed E-state index contributed by atoms with van der Waals surface area (Å²) in [5, 5.41) is 9.29. The minimum atomic E-state index is -4.52. The Bertz CT molecular complexity index is 1390. The summed E-state index contributed by atoms with van der Waals surface area (Å²) in [7, 11) is -2.94. The van der Waals surface area contributed by atoms with E-state index in [1.165, 1.54) is 0 Å². The maximum absolute atomic E-state index is 12.5. The summed E-state index contributed by atoms with van der Waals surface area (Å²) < 4.78 is 17.7. The quantitative estimate of drug-likeness (QED) is 0.246. The first kappa shape index (κ1) is 18.9. The summed E-state index contributed by atoms with van der Waals surface area (Å²) in [5.74, 6) is -0.494. The number of methoxy groups -OCH3 is 1. The first-order valence-corrected chi connectivity index (χ1v) is 11.3. The molecule has 0 aliphatic rings. The van der Waals surface area contributed by atoms with Gasteiger partial charge in [-0.05, 0) is 62.1 Å². The average Bonchev–Trinajstić information content (AvgIpc) is 2.75. The van der Waals surface area contributed by atoms with Crippen molar-refractivity contribution in [2.24, 2.45) is 0 Å². The van der Waals surface area contributed by atoms with E-state index in [9.17, 15) is 14.4 Å². The Labute approximate surface area is 173 Å². The van der Waals surface area contributed by atoms with Gasteiger partial charge in [0.05, 0.1) is 7.11 Å². The maximum atomic E-state index is 12.5. The van der Waals surface area contributed by atoms with Crippen LogP contribution in [0.3, 0.4) is 0 Å². The van der Waals surface area contributed by atoms with Gasteiger partial charge < -0.3 is 19.8 Å². The highest BCUT2D eigenvalue weighted by atomic mass is 31.2. The van der Waals surface area contributed by atoms with Crippen LogP contribution < -0.4 is 10.1 Å². The zero-order valence-corrected chi connectivity index (χ0v) is 17.1. The Morgan fingerprint density at radius 1 is 0.800 bits per heavy atom. The second kappa shape index (κ2) is 6.99. The van der Waals surface area contributed by atoms with Crippen molar-refractivity contribution in [3.05, 3.63) is 84.4 Å². The van der Waals surface area contributed by atoms with E-state index in [1.54, 1.807) is 31.4 Å². The second-order valence-corrected chi connectivity index (χ2v) is 9.07. The molecule has 0 aliphatic heterocycles. The molecule has 6 heteroatoms. The Kier molecular flexibility index (Phi) is 4.40. The first-order chi connectivity index (χ1) is 14.5. The molecule has 5 rings (SSSR count). The van der Waals surface area contributed by atoms with Gasteiger partial charge in [-0.3, -0.25) is 4.57 Å². The van der Waals surface area contributed by atoms with Crippen LogP contribution in [-0.4, -0.2) is 16.9 Å². The van der Waals surface area contributed by atoms with Gasteiger partial charge in [-0.25, -0.2) is 0 Å². The molecule has 3 N–H and O–H groups in total. The number of anilines is 1. The van der Waals surface area contributed by atoms with Gasteiger partial charge in [0.1, 0.15) is 5.75 Å². The van der Waals surface area contributed by atoms with E-state index in [4.69, 9.17) is 4.74 Å². The molecular weight excluding hydrogens is 397 g/mol. The molecule has 5 aromatic rings. The zero-order valence-electron chi connectivity index (χ0n) is 16.2. The molecule has 0 fully saturated rings. The lowest BCUT2D eigenvalue weighted by atomic mass is 9.92. The predicted octanol–water partition coefficient (Wildman–Crippen LogP) is 5.88. The van der Waals surface area contributed by atoms with Gasteiger partial charge in [0.15, 0.2) is 5.78 Å². The summed E-state index contributed by atoms with van der Waals surface area (Å²) in [4.78, 5) is 20.4. The van der Waals surface area contributed by atoms with Crippen LogP contribution in [0.1, 0.15) is 11.3 Å². The standard InChI is InChI=1S/C24H20NO4P/c1-29-19-11-9-18(10-12-19)25-24(30(26,27)28)21-14-8-17-6-5-15-3-2-4-16-7-13-20(21)23(17)22(15)16/h2-14,24-25H,1H3,(H2,26,27,28). The van der Waals surface area contributed by atoms with E-state index in [0.717, 1.165) is 32.3 Å². The van der Waals surface area contributed by atoms with Gasteiger partial charge in [0.2, 0.25) is 0 Å². The third-order valence-electron chi connectivity index (χ3n) is 5.59. The predicted molar refractivity (Wildman–Crippen MR) is 122 cm³/mol. The van der Waals surface area contributed by atoms with Crippen molar-refractivity contribution in [1.29, 1.82) is 0 Å². The van der Waals surface area contributed by atoms with Gasteiger partial charge in [-0.15, -0.1) is 0 Å². The highest BCUT2D eigenvalue weighted by molar-refractivity contribution is 7.52. The van der Waals surface area contributed by atoms with Crippen LogP contribution in [0, 0.1) is 0 Å². The fourth-order valence-electron chi connectivity index (χ4n) is 4.18. The highest BCUT2D eigenvalue weighted by Crippen LogP contribution is 2.54. The van der Waals surface area contributed by atoms with Crippen molar-refractivity contribution < 1.29 is 19.1 Å². The van der Waals surface area contributed by atoms with Crippen molar-refractivity contribution in [3.8, 4) is 5.75 Å². The third kappa shape index (κ3) is 3.08. The highest BCUT2D eigenvalue weighted by Gasteiger charge is 2.32. The monoisotopic (exact) mass is 417 g/mol. The Hall–Kier alpha value is -3.11. The first-order valence-electron chi connectivity index (χ1n) is 9.58. The summed E-state index contributed by atoms with van der Waals surface area (Å²) in [6, 6.07) is 25.0. The maximum Gasteiger partial charge on any atom is 0.352 e. The van der Waals surface area contributed by atoms with E-state index >= 15 is 0 Å². The number of benzene rings is 5. The largest absolute Gasteiger partial charge is 0.497 e. The summed E-state index contributed by atoms with van der Waals surface area (Å²) in [5.41, 5.74) is 1.18. The van der Waals surface area contributed by atoms with Gasteiger partial charge in [-0.1, -0.05) is 54.6 Å². The van der Waals surface area contributed by atoms with Crippen LogP contribution in [0.2, 0.25) is 0 Å². The number of hydrogen-bond donors (Lipinski definition) is 3. The molecule has 0 amide bonds. The molecule has 0 bridgehead atoms. The van der Waals surface area contributed by atoms with E-state index in [2.05, 4.69) is 29.6 Å². The lowest BCUT2D eigenvalue weighted by Gasteiger charge is -2.24. The van der Waals surface area contributed by atoms with E-state index < -0.39 is 13.4 Å². The SMILES string of the molecule is COc1ccc(NC(c2ccc3ccc4cccc5ccc2c3c45)P(=O)(O)O)cc1. The van der Waals surface area contributed by atoms with Crippen LogP contribution >= 0.6 is 7.60 Å². The van der Waals surface area contributed by atoms with Crippen LogP contribution in [0.15, 0.2) is 78.9 Å². The van der Waals surface area contributed by atoms with E-state index in [1.807, 2.05) is 30.3 Å². The lowest BCUT2D eigenvalue weighted by molar-refractivity contribution is 0.363. The summed E-state index contributed by atoms with van der Waals surface area (Å²) >= 11 is 0. The fourth-order valence-corrected chi connectivity index (χ4v) is 5.09. The molecule has 0 heterocycles. The molecule has 150 valence electrons. The Morgan fingerprint density at radius 3 is 2.03 bits per heavy atom. The van der Waals surface area contributed by atoms with Crippen molar-refractivity contribution in [2.75, 3.05) is 12.4 Å². The zero-order chi connectivity index (χ0) is 20.9. The Balaban J connectivity index is 1.72. The molecule has 0 aromatic heterocycles. The number of ether oxygens (including phenoxy) is 1. The fraction of sp³-hybridized carbons (Fsp3) is 0.0833. The molecule has 0 radical (unpaired) electrons. The van der Waals surface area contributed by atoms with Crippen LogP contribution in [0.5, 0.6) is 5.75 Å².